The summed E-state index contributed by atoms with van der Waals surface area (Å²) in [6, 6.07) is 2.94. The zero-order valence-corrected chi connectivity index (χ0v) is 35.2. The number of sulfonamides is 1. The monoisotopic (exact) mass is 827 g/mol. The third kappa shape index (κ3) is 9.14. The van der Waals surface area contributed by atoms with Crippen molar-refractivity contribution in [2.24, 2.45) is 17.8 Å². The van der Waals surface area contributed by atoms with E-state index < -0.39 is 80.2 Å². The van der Waals surface area contributed by atoms with E-state index in [2.05, 4.69) is 21.9 Å². The van der Waals surface area contributed by atoms with Crippen LogP contribution in [0.5, 0.6) is 17.4 Å². The molecular weight excluding hydrogens is 771 g/mol. The van der Waals surface area contributed by atoms with E-state index in [0.29, 0.717) is 54.6 Å². The second-order valence-corrected chi connectivity index (χ2v) is 19.2. The zero-order valence-electron chi connectivity index (χ0n) is 34.4. The smallest absolute Gasteiger partial charge is 0.408 e. The molecule has 318 valence electrons. The number of hydrogen-bond donors (Lipinski definition) is 3. The molecule has 2 saturated carbocycles. The number of ether oxygens (including phenoxy) is 4. The van der Waals surface area contributed by atoms with Crippen molar-refractivity contribution in [2.75, 3.05) is 34.0 Å². The molecule has 1 aromatic heterocycles. The Hall–Kier alpha value is -4.64. The molecular formula is C41H57N5O11S. The molecule has 0 unspecified atom stereocenters. The van der Waals surface area contributed by atoms with Gasteiger partial charge in [-0.3, -0.25) is 24.0 Å². The number of nitrogens with one attached hydrogen (secondary N) is 2. The number of hydrogen-bond acceptors (Lipinski definition) is 11. The quantitative estimate of drug-likeness (QED) is 0.215. The summed E-state index contributed by atoms with van der Waals surface area (Å²) in [5.74, 6) is -1.64. The Morgan fingerprint density at radius 3 is 2.48 bits per heavy atom. The van der Waals surface area contributed by atoms with Crippen LogP contribution >= 0.6 is 0 Å². The molecule has 17 heteroatoms. The summed E-state index contributed by atoms with van der Waals surface area (Å²) in [6.45, 7) is 9.62. The SMILES string of the molecule is COCCOc1cnc(O[C@@H]2C[C@H]3C(=O)N[C@]4(C(=O)NS(=O)(=O)C5CC5)C[C@H]4/C=C\CC[C@H](C)C[C@@H](C)[C@H](N(C(=O)O)C(C)(C)C)C(=O)N3C2)c2ccc(OC)cc12. The third-order valence-electron chi connectivity index (χ3n) is 11.6. The third-order valence-corrected chi connectivity index (χ3v) is 13.4. The molecule has 16 nitrogen and oxygen atoms in total. The van der Waals surface area contributed by atoms with E-state index in [1.165, 1.54) is 16.0 Å². The minimum Gasteiger partial charge on any atom is -0.497 e. The number of carboxylic acid groups (broad SMARTS) is 1. The predicted molar refractivity (Wildman–Crippen MR) is 214 cm³/mol. The van der Waals surface area contributed by atoms with Crippen LogP contribution < -0.4 is 24.2 Å². The summed E-state index contributed by atoms with van der Waals surface area (Å²) >= 11 is 0. The maximum atomic E-state index is 15.1. The van der Waals surface area contributed by atoms with Crippen molar-refractivity contribution in [3.8, 4) is 17.4 Å². The maximum absolute atomic E-state index is 15.1. The van der Waals surface area contributed by atoms with Crippen LogP contribution in [-0.4, -0.2) is 121 Å². The van der Waals surface area contributed by atoms with Crippen LogP contribution in [0.25, 0.3) is 10.8 Å². The standard InChI is InChI=1S/C41H57N5O11S/c1-24-10-8-9-11-26-21-41(26,38(49)44-58(52,53)29-13-14-29)43-35(47)32-20-28(23-45(32)37(48)34(25(2)18-24)46(39(50)51)40(3,4)5)57-36-30-15-12-27(55-7)19-31(30)33(22-42-36)56-17-16-54-6/h9,11-12,15,19,22,24-26,28-29,32,34H,8,10,13-14,16-18,20-21,23H2,1-7H3,(H,43,47)(H,44,49)(H,50,51)/b11-9-/t24-,25+,26+,28+,32-,34-,41+/m0/s1. The number of aromatic nitrogens is 1. The number of methoxy groups -OCH3 is 2. The molecule has 4 amide bonds. The predicted octanol–water partition coefficient (Wildman–Crippen LogP) is 4.26. The average molecular weight is 828 g/mol. The molecule has 3 heterocycles. The Kier molecular flexibility index (Phi) is 12.5. The minimum atomic E-state index is -3.94. The number of rotatable bonds is 11. The number of nitrogens with zero attached hydrogens (tertiary/aromatic N) is 3. The summed E-state index contributed by atoms with van der Waals surface area (Å²) in [6.07, 6.45) is 6.19. The highest BCUT2D eigenvalue weighted by molar-refractivity contribution is 7.91. The number of pyridine rings is 1. The second kappa shape index (κ2) is 16.9. The van der Waals surface area contributed by atoms with Crippen LogP contribution in [0.3, 0.4) is 0 Å². The Bertz CT molecular complexity index is 2030. The molecule has 58 heavy (non-hydrogen) atoms. The van der Waals surface area contributed by atoms with Crippen LogP contribution in [0.2, 0.25) is 0 Å². The molecule has 7 atom stereocenters. The van der Waals surface area contributed by atoms with Gasteiger partial charge in [0.15, 0.2) is 0 Å². The van der Waals surface area contributed by atoms with Gasteiger partial charge in [0.05, 0.1) is 31.7 Å². The lowest BCUT2D eigenvalue weighted by atomic mass is 9.85. The van der Waals surface area contributed by atoms with Gasteiger partial charge < -0.3 is 34.3 Å². The highest BCUT2D eigenvalue weighted by Gasteiger charge is 2.62. The normalized spacial score (nSPS) is 28.6. The van der Waals surface area contributed by atoms with E-state index in [4.69, 9.17) is 18.9 Å². The van der Waals surface area contributed by atoms with Crippen molar-refractivity contribution in [2.45, 2.75) is 114 Å². The lowest BCUT2D eigenvalue weighted by Crippen LogP contribution is -2.62. The molecule has 3 fully saturated rings. The lowest BCUT2D eigenvalue weighted by molar-refractivity contribution is -0.146. The summed E-state index contributed by atoms with van der Waals surface area (Å²) in [5.41, 5.74) is -2.55. The maximum Gasteiger partial charge on any atom is 0.408 e. The van der Waals surface area contributed by atoms with Crippen molar-refractivity contribution < 1.29 is 51.6 Å². The average Bonchev–Trinajstić information content (AvgIpc) is 4.08. The fraction of sp³-hybridized carbons (Fsp3) is 0.634. The van der Waals surface area contributed by atoms with E-state index in [-0.39, 0.29) is 37.8 Å². The van der Waals surface area contributed by atoms with Gasteiger partial charge in [-0.15, -0.1) is 0 Å². The van der Waals surface area contributed by atoms with E-state index >= 15 is 4.79 Å². The van der Waals surface area contributed by atoms with Crippen LogP contribution in [0.1, 0.15) is 79.6 Å². The molecule has 0 spiro atoms. The second-order valence-electron chi connectivity index (χ2n) is 17.2. The number of fused-ring (bicyclic) bond motifs is 3. The number of carbonyl (C=O) groups excluding carboxylic acids is 3. The van der Waals surface area contributed by atoms with E-state index in [0.717, 1.165) is 6.42 Å². The molecule has 2 aromatic rings. The van der Waals surface area contributed by atoms with Gasteiger partial charge in [0.2, 0.25) is 27.7 Å². The molecule has 2 aliphatic heterocycles. The summed E-state index contributed by atoms with van der Waals surface area (Å²) in [4.78, 5) is 63.7. The van der Waals surface area contributed by atoms with Crippen molar-refractivity contribution in [1.29, 1.82) is 0 Å². The first-order valence-electron chi connectivity index (χ1n) is 20.0. The molecule has 0 radical (unpaired) electrons. The number of carbonyl (C=O) groups is 4. The first kappa shape index (κ1) is 43.0. The molecule has 4 aliphatic rings. The first-order chi connectivity index (χ1) is 27.4. The first-order valence-corrected chi connectivity index (χ1v) is 21.6. The van der Waals surface area contributed by atoms with Crippen LogP contribution in [0.4, 0.5) is 4.79 Å². The number of amides is 4. The van der Waals surface area contributed by atoms with Gasteiger partial charge in [-0.05, 0) is 89.3 Å². The Morgan fingerprint density at radius 1 is 1.09 bits per heavy atom. The molecule has 1 aromatic carbocycles. The Morgan fingerprint density at radius 2 is 1.83 bits per heavy atom. The van der Waals surface area contributed by atoms with Gasteiger partial charge in [-0.25, -0.2) is 18.2 Å². The molecule has 0 bridgehead atoms. The molecule has 1 saturated heterocycles. The van der Waals surface area contributed by atoms with Crippen LogP contribution in [-0.2, 0) is 29.1 Å². The zero-order chi connectivity index (χ0) is 42.2. The van der Waals surface area contributed by atoms with E-state index in [1.807, 2.05) is 19.1 Å². The Labute approximate surface area is 340 Å². The van der Waals surface area contributed by atoms with Gasteiger partial charge in [-0.2, -0.15) is 0 Å². The van der Waals surface area contributed by atoms with Gasteiger partial charge in [0, 0.05) is 35.8 Å². The van der Waals surface area contributed by atoms with Gasteiger partial charge in [0.25, 0.3) is 5.91 Å². The molecule has 3 N–H and O–H groups in total. The van der Waals surface area contributed by atoms with E-state index in [1.54, 1.807) is 53.2 Å². The number of benzene rings is 1. The van der Waals surface area contributed by atoms with Gasteiger partial charge in [0.1, 0.15) is 41.8 Å². The lowest BCUT2D eigenvalue weighted by Gasteiger charge is -2.43. The van der Waals surface area contributed by atoms with Crippen molar-refractivity contribution in [3.63, 3.8) is 0 Å². The van der Waals surface area contributed by atoms with E-state index in [9.17, 15) is 27.9 Å². The molecule has 2 aliphatic carbocycles. The van der Waals surface area contributed by atoms with Crippen LogP contribution in [0.15, 0.2) is 36.5 Å². The van der Waals surface area contributed by atoms with Crippen molar-refractivity contribution in [3.05, 3.63) is 36.5 Å². The summed E-state index contributed by atoms with van der Waals surface area (Å²) < 4.78 is 51.2. The van der Waals surface area contributed by atoms with Gasteiger partial charge in [-0.1, -0.05) is 26.0 Å². The highest BCUT2D eigenvalue weighted by atomic mass is 32.2. The van der Waals surface area contributed by atoms with Crippen molar-refractivity contribution in [1.82, 2.24) is 24.8 Å². The summed E-state index contributed by atoms with van der Waals surface area (Å²) in [7, 11) is -0.818. The molecule has 6 rings (SSSR count). The minimum absolute atomic E-state index is 0.0261. The fourth-order valence-corrected chi connectivity index (χ4v) is 9.73. The van der Waals surface area contributed by atoms with Crippen LogP contribution in [0, 0.1) is 17.8 Å². The summed E-state index contributed by atoms with van der Waals surface area (Å²) in [5, 5.41) is 14.1. The Balaban J connectivity index is 1.39. The van der Waals surface area contributed by atoms with Gasteiger partial charge >= 0.3 is 6.09 Å². The highest BCUT2D eigenvalue weighted by Crippen LogP contribution is 2.46. The fourth-order valence-electron chi connectivity index (χ4n) is 8.36. The van der Waals surface area contributed by atoms with Crippen molar-refractivity contribution >= 4 is 44.6 Å². The topological polar surface area (TPSA) is 203 Å². The number of allylic oxidation sites excluding steroid dienone is 1. The largest absolute Gasteiger partial charge is 0.497 e.